The van der Waals surface area contributed by atoms with Gasteiger partial charge < -0.3 is 16.0 Å². The van der Waals surface area contributed by atoms with Crippen molar-refractivity contribution in [1.29, 1.82) is 0 Å². The van der Waals surface area contributed by atoms with Crippen molar-refractivity contribution in [1.82, 2.24) is 10.3 Å². The average Bonchev–Trinajstić information content (AvgIpc) is 2.96. The number of para-hydroxylation sites is 1. The monoisotopic (exact) mass is 357 g/mol. The molecule has 1 atom stereocenters. The summed E-state index contributed by atoms with van der Waals surface area (Å²) in [4.78, 5) is 27.0. The summed E-state index contributed by atoms with van der Waals surface area (Å²) >= 11 is 0. The molecule has 0 bridgehead atoms. The van der Waals surface area contributed by atoms with E-state index in [4.69, 9.17) is 5.73 Å². The minimum Gasteiger partial charge on any atom is -0.368 e. The minimum absolute atomic E-state index is 0.176. The fourth-order valence-electron chi connectivity index (χ4n) is 2.89. The first-order valence-corrected chi connectivity index (χ1v) is 8.01. The highest BCUT2D eigenvalue weighted by Crippen LogP contribution is 2.19. The Morgan fingerprint density at radius 1 is 1.12 bits per heavy atom. The van der Waals surface area contributed by atoms with E-state index in [1.807, 2.05) is 24.3 Å². The molecule has 4 N–H and O–H groups in total. The van der Waals surface area contributed by atoms with Crippen LogP contribution in [0.2, 0.25) is 0 Å². The first kappa shape index (κ1) is 17.6. The number of fused-ring (bicyclic) bond motifs is 1. The molecule has 2 aromatic carbocycles. The van der Waals surface area contributed by atoms with E-state index in [1.165, 1.54) is 0 Å². The number of carbonyl (C=O) groups excluding carboxylic acids is 2. The molecule has 0 saturated carbocycles. The van der Waals surface area contributed by atoms with Crippen LogP contribution in [0.5, 0.6) is 0 Å². The lowest BCUT2D eigenvalue weighted by Crippen LogP contribution is -2.46. The van der Waals surface area contributed by atoms with Gasteiger partial charge in [-0.25, -0.2) is 8.78 Å². The quantitative estimate of drug-likeness (QED) is 0.631. The van der Waals surface area contributed by atoms with Gasteiger partial charge in [0.25, 0.3) is 0 Å². The zero-order chi connectivity index (χ0) is 18.7. The summed E-state index contributed by atoms with van der Waals surface area (Å²) in [5.74, 6) is -2.76. The number of carbonyl (C=O) groups is 2. The van der Waals surface area contributed by atoms with E-state index in [9.17, 15) is 18.4 Å². The van der Waals surface area contributed by atoms with Crippen molar-refractivity contribution in [2.75, 3.05) is 0 Å². The number of nitrogens with one attached hydrogen (secondary N) is 2. The second-order valence-electron chi connectivity index (χ2n) is 6.04. The van der Waals surface area contributed by atoms with Gasteiger partial charge in [-0.3, -0.25) is 9.59 Å². The summed E-state index contributed by atoms with van der Waals surface area (Å²) < 4.78 is 26.4. The van der Waals surface area contributed by atoms with E-state index in [0.29, 0.717) is 0 Å². The lowest BCUT2D eigenvalue weighted by atomic mass is 10.0. The van der Waals surface area contributed by atoms with E-state index in [-0.39, 0.29) is 18.4 Å². The molecular weight excluding hydrogens is 340 g/mol. The zero-order valence-electron chi connectivity index (χ0n) is 13.8. The Bertz CT molecular complexity index is 948. The minimum atomic E-state index is -0.930. The molecule has 26 heavy (non-hydrogen) atoms. The predicted octanol–water partition coefficient (Wildman–Crippen LogP) is 2.20. The van der Waals surface area contributed by atoms with E-state index in [2.05, 4.69) is 10.3 Å². The predicted molar refractivity (Wildman–Crippen MR) is 93.2 cm³/mol. The topological polar surface area (TPSA) is 88.0 Å². The van der Waals surface area contributed by atoms with E-state index >= 15 is 0 Å². The number of aromatic nitrogens is 1. The van der Waals surface area contributed by atoms with Gasteiger partial charge >= 0.3 is 0 Å². The third kappa shape index (κ3) is 4.05. The fourth-order valence-corrected chi connectivity index (χ4v) is 2.89. The van der Waals surface area contributed by atoms with Crippen molar-refractivity contribution in [2.45, 2.75) is 18.9 Å². The molecule has 3 aromatic rings. The fraction of sp³-hybridized carbons (Fsp3) is 0.158. The van der Waals surface area contributed by atoms with Gasteiger partial charge in [-0.2, -0.15) is 0 Å². The number of rotatable bonds is 6. The largest absolute Gasteiger partial charge is 0.368 e. The maximum atomic E-state index is 13.2. The first-order valence-electron chi connectivity index (χ1n) is 8.01. The summed E-state index contributed by atoms with van der Waals surface area (Å²) in [5.41, 5.74) is 7.32. The number of primary amides is 1. The molecule has 1 aromatic heterocycles. The van der Waals surface area contributed by atoms with Gasteiger partial charge in [0.05, 0.1) is 6.42 Å². The standard InChI is InChI=1S/C19H17F2N3O2/c20-13-5-11(6-14(21)9-13)7-18(25)24-17(19(22)26)8-12-10-23-16-4-2-1-3-15(12)16/h1-6,9-10,17,23H,7-8H2,(H2,22,26)(H,24,25)/t17-/m1/s1. The number of benzene rings is 2. The number of H-pyrrole nitrogens is 1. The number of nitrogens with two attached hydrogens (primary N) is 1. The molecule has 2 amide bonds. The number of aromatic amines is 1. The van der Waals surface area contributed by atoms with Crippen LogP contribution >= 0.6 is 0 Å². The molecule has 0 saturated heterocycles. The molecule has 134 valence electrons. The number of halogens is 2. The maximum Gasteiger partial charge on any atom is 0.240 e. The summed E-state index contributed by atoms with van der Waals surface area (Å²) in [7, 11) is 0. The number of amides is 2. The molecule has 0 aliphatic carbocycles. The lowest BCUT2D eigenvalue weighted by Gasteiger charge is -2.15. The van der Waals surface area contributed by atoms with Gasteiger partial charge in [-0.05, 0) is 29.3 Å². The molecule has 1 heterocycles. The molecular formula is C19H17F2N3O2. The Labute approximate surface area is 148 Å². The van der Waals surface area contributed by atoms with Crippen molar-refractivity contribution in [3.05, 3.63) is 71.4 Å². The normalized spacial score (nSPS) is 12.1. The van der Waals surface area contributed by atoms with Crippen molar-refractivity contribution in [3.63, 3.8) is 0 Å². The Balaban J connectivity index is 1.72. The summed E-state index contributed by atoms with van der Waals surface area (Å²) in [6, 6.07) is 9.49. The highest BCUT2D eigenvalue weighted by Gasteiger charge is 2.20. The molecule has 0 radical (unpaired) electrons. The summed E-state index contributed by atoms with van der Waals surface area (Å²) in [6.07, 6.45) is 1.71. The van der Waals surface area contributed by atoms with Crippen molar-refractivity contribution in [3.8, 4) is 0 Å². The molecule has 0 unspecified atom stereocenters. The number of hydrogen-bond acceptors (Lipinski definition) is 2. The van der Waals surface area contributed by atoms with E-state index in [0.717, 1.165) is 34.7 Å². The third-order valence-corrected chi connectivity index (χ3v) is 4.06. The van der Waals surface area contributed by atoms with Crippen molar-refractivity contribution in [2.24, 2.45) is 5.73 Å². The van der Waals surface area contributed by atoms with Crippen LogP contribution < -0.4 is 11.1 Å². The highest BCUT2D eigenvalue weighted by atomic mass is 19.1. The van der Waals surface area contributed by atoms with Crippen LogP contribution in [0.1, 0.15) is 11.1 Å². The second kappa shape index (κ2) is 7.35. The Hall–Kier alpha value is -3.22. The summed E-state index contributed by atoms with van der Waals surface area (Å²) in [5, 5.41) is 3.47. The van der Waals surface area contributed by atoms with Crippen LogP contribution in [0.15, 0.2) is 48.7 Å². The zero-order valence-corrected chi connectivity index (χ0v) is 13.8. The van der Waals surface area contributed by atoms with Crippen LogP contribution in [-0.2, 0) is 22.4 Å². The average molecular weight is 357 g/mol. The molecule has 0 spiro atoms. The van der Waals surface area contributed by atoms with Crippen LogP contribution in [0.4, 0.5) is 8.78 Å². The molecule has 0 fully saturated rings. The highest BCUT2D eigenvalue weighted by molar-refractivity contribution is 5.89. The van der Waals surface area contributed by atoms with Gasteiger partial charge in [0.1, 0.15) is 17.7 Å². The van der Waals surface area contributed by atoms with Gasteiger partial charge in [-0.1, -0.05) is 18.2 Å². The molecule has 5 nitrogen and oxygen atoms in total. The molecule has 7 heteroatoms. The third-order valence-electron chi connectivity index (χ3n) is 4.06. The second-order valence-corrected chi connectivity index (χ2v) is 6.04. The van der Waals surface area contributed by atoms with Crippen LogP contribution in [0, 0.1) is 11.6 Å². The van der Waals surface area contributed by atoms with Gasteiger partial charge in [-0.15, -0.1) is 0 Å². The Kier molecular flexibility index (Phi) is 4.97. The maximum absolute atomic E-state index is 13.2. The SMILES string of the molecule is NC(=O)[C@@H](Cc1c[nH]c2ccccc12)NC(=O)Cc1cc(F)cc(F)c1. The van der Waals surface area contributed by atoms with E-state index in [1.54, 1.807) is 6.20 Å². The smallest absolute Gasteiger partial charge is 0.240 e. The lowest BCUT2D eigenvalue weighted by molar-refractivity contribution is -0.126. The molecule has 0 aliphatic heterocycles. The summed E-state index contributed by atoms with van der Waals surface area (Å²) in [6.45, 7) is 0. The van der Waals surface area contributed by atoms with Crippen LogP contribution in [0.25, 0.3) is 10.9 Å². The van der Waals surface area contributed by atoms with Crippen LogP contribution in [-0.4, -0.2) is 22.8 Å². The van der Waals surface area contributed by atoms with Gasteiger partial charge in [0.2, 0.25) is 11.8 Å². The van der Waals surface area contributed by atoms with Gasteiger partial charge in [0, 0.05) is 29.6 Å². The first-order chi connectivity index (χ1) is 12.4. The Morgan fingerprint density at radius 2 is 1.81 bits per heavy atom. The molecule has 3 rings (SSSR count). The van der Waals surface area contributed by atoms with Gasteiger partial charge in [0.15, 0.2) is 0 Å². The number of hydrogen-bond donors (Lipinski definition) is 3. The van der Waals surface area contributed by atoms with Crippen molar-refractivity contribution >= 4 is 22.7 Å². The van der Waals surface area contributed by atoms with Crippen LogP contribution in [0.3, 0.4) is 0 Å². The molecule has 0 aliphatic rings. The van der Waals surface area contributed by atoms with E-state index < -0.39 is 29.5 Å². The van der Waals surface area contributed by atoms with Crippen molar-refractivity contribution < 1.29 is 18.4 Å². The Morgan fingerprint density at radius 3 is 2.50 bits per heavy atom.